The Hall–Kier alpha value is -1.67. The van der Waals surface area contributed by atoms with Gasteiger partial charge in [0, 0.05) is 5.02 Å². The van der Waals surface area contributed by atoms with Gasteiger partial charge in [0.05, 0.1) is 12.4 Å². The first kappa shape index (κ1) is 9.87. The normalized spacial score (nSPS) is 10.7. The van der Waals surface area contributed by atoms with Crippen molar-refractivity contribution in [2.24, 2.45) is 0 Å². The summed E-state index contributed by atoms with van der Waals surface area (Å²) < 4.78 is 0. The maximum atomic E-state index is 5.87. The van der Waals surface area contributed by atoms with Crippen LogP contribution in [0.4, 0.5) is 0 Å². The Bertz CT molecular complexity index is 466. The van der Waals surface area contributed by atoms with Crippen molar-refractivity contribution < 1.29 is 0 Å². The molecule has 0 saturated heterocycles. The van der Waals surface area contributed by atoms with E-state index in [1.807, 2.05) is 42.5 Å². The van der Waals surface area contributed by atoms with Crippen molar-refractivity contribution in [1.29, 1.82) is 0 Å². The third kappa shape index (κ3) is 2.89. The molecule has 0 bridgehead atoms. The maximum Gasteiger partial charge on any atom is 0.0568 e. The van der Waals surface area contributed by atoms with Crippen LogP contribution in [0.2, 0.25) is 5.02 Å². The van der Waals surface area contributed by atoms with Gasteiger partial charge in [0.1, 0.15) is 0 Å². The fourth-order valence-electron chi connectivity index (χ4n) is 1.20. The molecular formula is C12H9ClN2. The summed E-state index contributed by atoms with van der Waals surface area (Å²) in [5, 5.41) is 8.24. The van der Waals surface area contributed by atoms with Crippen molar-refractivity contribution >= 4 is 23.8 Å². The predicted octanol–water partition coefficient (Wildman–Crippen LogP) is 3.30. The fourth-order valence-corrected chi connectivity index (χ4v) is 1.40. The van der Waals surface area contributed by atoms with Crippen LogP contribution in [0.25, 0.3) is 12.2 Å². The molecule has 2 aromatic rings. The van der Waals surface area contributed by atoms with E-state index in [0.29, 0.717) is 0 Å². The van der Waals surface area contributed by atoms with E-state index in [1.54, 1.807) is 12.4 Å². The van der Waals surface area contributed by atoms with E-state index in [1.165, 1.54) is 0 Å². The molecule has 3 heteroatoms. The molecule has 2 rings (SSSR count). The zero-order chi connectivity index (χ0) is 10.5. The van der Waals surface area contributed by atoms with Crippen LogP contribution in [0.15, 0.2) is 42.7 Å². The second kappa shape index (κ2) is 4.71. The number of rotatable bonds is 2. The molecule has 0 atom stereocenters. The summed E-state index contributed by atoms with van der Waals surface area (Å²) in [5.74, 6) is 0. The smallest absolute Gasteiger partial charge is 0.0568 e. The summed E-state index contributed by atoms with van der Waals surface area (Å²) in [6.45, 7) is 0. The Morgan fingerprint density at radius 2 is 1.87 bits per heavy atom. The van der Waals surface area contributed by atoms with E-state index in [0.717, 1.165) is 16.1 Å². The number of benzene rings is 1. The third-order valence-electron chi connectivity index (χ3n) is 1.92. The van der Waals surface area contributed by atoms with E-state index < -0.39 is 0 Å². The molecule has 0 N–H and O–H groups in total. The Kier molecular flexibility index (Phi) is 3.10. The minimum atomic E-state index is 0.741. The number of halogens is 1. The van der Waals surface area contributed by atoms with Gasteiger partial charge in [-0.2, -0.15) is 10.2 Å². The predicted molar refractivity (Wildman–Crippen MR) is 62.4 cm³/mol. The van der Waals surface area contributed by atoms with E-state index in [2.05, 4.69) is 10.2 Å². The van der Waals surface area contributed by atoms with Gasteiger partial charge in [-0.25, -0.2) is 0 Å². The van der Waals surface area contributed by atoms with E-state index >= 15 is 0 Å². The first-order valence-corrected chi connectivity index (χ1v) is 4.93. The standard InChI is InChI=1S/C12H9ClN2/c13-12-3-1-2-10(8-12)4-5-11-6-7-14-15-9-11/h1-9H/b5-4+. The summed E-state index contributed by atoms with van der Waals surface area (Å²) in [6.07, 6.45) is 7.34. The van der Waals surface area contributed by atoms with E-state index in [-0.39, 0.29) is 0 Å². The summed E-state index contributed by atoms with van der Waals surface area (Å²) in [5.41, 5.74) is 2.09. The summed E-state index contributed by atoms with van der Waals surface area (Å²) >= 11 is 5.87. The van der Waals surface area contributed by atoms with Crippen molar-refractivity contribution in [3.8, 4) is 0 Å². The van der Waals surface area contributed by atoms with Crippen LogP contribution in [-0.2, 0) is 0 Å². The van der Waals surface area contributed by atoms with Gasteiger partial charge >= 0.3 is 0 Å². The highest BCUT2D eigenvalue weighted by molar-refractivity contribution is 6.30. The Morgan fingerprint density at radius 3 is 2.60 bits per heavy atom. The van der Waals surface area contributed by atoms with Gasteiger partial charge < -0.3 is 0 Å². The lowest BCUT2D eigenvalue weighted by molar-refractivity contribution is 1.03. The summed E-state index contributed by atoms with van der Waals surface area (Å²) in [7, 11) is 0. The maximum absolute atomic E-state index is 5.87. The molecule has 0 aliphatic heterocycles. The van der Waals surface area contributed by atoms with Gasteiger partial charge in [-0.15, -0.1) is 0 Å². The molecule has 0 amide bonds. The van der Waals surface area contributed by atoms with Crippen molar-refractivity contribution in [2.75, 3.05) is 0 Å². The molecule has 1 aromatic carbocycles. The topological polar surface area (TPSA) is 25.8 Å². The van der Waals surface area contributed by atoms with Crippen LogP contribution in [0.1, 0.15) is 11.1 Å². The van der Waals surface area contributed by atoms with Gasteiger partial charge in [-0.3, -0.25) is 0 Å². The molecule has 1 heterocycles. The third-order valence-corrected chi connectivity index (χ3v) is 2.16. The fraction of sp³-hybridized carbons (Fsp3) is 0. The molecule has 0 aliphatic rings. The van der Waals surface area contributed by atoms with Crippen molar-refractivity contribution in [3.63, 3.8) is 0 Å². The lowest BCUT2D eigenvalue weighted by Gasteiger charge is -1.94. The number of aromatic nitrogens is 2. The SMILES string of the molecule is Clc1cccc(/C=C/c2ccnnc2)c1. The Morgan fingerprint density at radius 1 is 1.00 bits per heavy atom. The second-order valence-electron chi connectivity index (χ2n) is 3.06. The molecule has 0 unspecified atom stereocenters. The van der Waals surface area contributed by atoms with Crippen LogP contribution < -0.4 is 0 Å². The largest absolute Gasteiger partial charge is 0.159 e. The summed E-state index contributed by atoms with van der Waals surface area (Å²) in [4.78, 5) is 0. The van der Waals surface area contributed by atoms with E-state index in [4.69, 9.17) is 11.6 Å². The molecule has 1 aromatic heterocycles. The number of hydrogen-bond donors (Lipinski definition) is 0. The van der Waals surface area contributed by atoms with Crippen molar-refractivity contribution in [3.05, 3.63) is 58.9 Å². The number of nitrogens with zero attached hydrogens (tertiary/aromatic N) is 2. The van der Waals surface area contributed by atoms with Gasteiger partial charge in [0.15, 0.2) is 0 Å². The molecular weight excluding hydrogens is 208 g/mol. The van der Waals surface area contributed by atoms with Crippen LogP contribution >= 0.6 is 11.6 Å². The number of hydrogen-bond acceptors (Lipinski definition) is 2. The molecule has 2 nitrogen and oxygen atoms in total. The van der Waals surface area contributed by atoms with E-state index in [9.17, 15) is 0 Å². The highest BCUT2D eigenvalue weighted by Gasteiger charge is 1.89. The monoisotopic (exact) mass is 216 g/mol. The second-order valence-corrected chi connectivity index (χ2v) is 3.50. The first-order valence-electron chi connectivity index (χ1n) is 4.55. The van der Waals surface area contributed by atoms with Crippen molar-refractivity contribution in [1.82, 2.24) is 10.2 Å². The lowest BCUT2D eigenvalue weighted by Crippen LogP contribution is -1.78. The minimum Gasteiger partial charge on any atom is -0.159 e. The van der Waals surface area contributed by atoms with Gasteiger partial charge in [-0.05, 0) is 29.3 Å². The van der Waals surface area contributed by atoms with Gasteiger partial charge in [-0.1, -0.05) is 35.9 Å². The average Bonchev–Trinajstić information content (AvgIpc) is 2.28. The Balaban J connectivity index is 2.19. The lowest BCUT2D eigenvalue weighted by atomic mass is 10.2. The highest BCUT2D eigenvalue weighted by atomic mass is 35.5. The summed E-state index contributed by atoms with van der Waals surface area (Å²) in [6, 6.07) is 9.58. The average molecular weight is 217 g/mol. The zero-order valence-corrected chi connectivity index (χ0v) is 8.72. The van der Waals surface area contributed by atoms with Gasteiger partial charge in [0.2, 0.25) is 0 Å². The molecule has 0 radical (unpaired) electrons. The van der Waals surface area contributed by atoms with Crippen LogP contribution in [0.3, 0.4) is 0 Å². The van der Waals surface area contributed by atoms with Crippen molar-refractivity contribution in [2.45, 2.75) is 0 Å². The first-order chi connectivity index (χ1) is 7.34. The van der Waals surface area contributed by atoms with Crippen LogP contribution in [0.5, 0.6) is 0 Å². The molecule has 15 heavy (non-hydrogen) atoms. The van der Waals surface area contributed by atoms with Crippen LogP contribution in [-0.4, -0.2) is 10.2 Å². The molecule has 74 valence electrons. The minimum absolute atomic E-state index is 0.741. The van der Waals surface area contributed by atoms with Crippen LogP contribution in [0, 0.1) is 0 Å². The zero-order valence-electron chi connectivity index (χ0n) is 7.97. The van der Waals surface area contributed by atoms with Gasteiger partial charge in [0.25, 0.3) is 0 Å². The molecule has 0 spiro atoms. The quantitative estimate of drug-likeness (QED) is 0.770. The molecule has 0 aliphatic carbocycles. The highest BCUT2D eigenvalue weighted by Crippen LogP contribution is 2.13. The molecule has 0 fully saturated rings. The molecule has 0 saturated carbocycles. The Labute approximate surface area is 93.2 Å².